The molecule has 2 aromatic rings. The molecule has 1 N–H and O–H groups in total. The average Bonchev–Trinajstić information content (AvgIpc) is 2.53. The summed E-state index contributed by atoms with van der Waals surface area (Å²) in [7, 11) is 0. The van der Waals surface area contributed by atoms with Crippen LogP contribution in [0.2, 0.25) is 0 Å². The fourth-order valence-corrected chi connectivity index (χ4v) is 1.82. The molecule has 6 heteroatoms. The van der Waals surface area contributed by atoms with E-state index in [2.05, 4.69) is 10.5 Å². The maximum atomic E-state index is 12.0. The van der Waals surface area contributed by atoms with Gasteiger partial charge in [-0.05, 0) is 25.5 Å². The summed E-state index contributed by atoms with van der Waals surface area (Å²) in [4.78, 5) is 22.1. The first-order valence-electron chi connectivity index (χ1n) is 6.63. The molecule has 2 rings (SSSR count). The molecule has 0 aliphatic heterocycles. The monoisotopic (exact) mass is 297 g/mol. The molecule has 0 atom stereocenters. The molecule has 0 bridgehead atoms. The van der Waals surface area contributed by atoms with Crippen LogP contribution in [-0.2, 0) is 0 Å². The largest absolute Gasteiger partial charge is 0.271 e. The number of hydrazone groups is 1. The quantitative estimate of drug-likeness (QED) is 0.534. The van der Waals surface area contributed by atoms with Crippen molar-refractivity contribution in [3.8, 4) is 0 Å². The highest BCUT2D eigenvalue weighted by Crippen LogP contribution is 2.13. The van der Waals surface area contributed by atoms with Crippen LogP contribution in [0, 0.1) is 17.0 Å². The van der Waals surface area contributed by atoms with Crippen molar-refractivity contribution in [1.29, 1.82) is 0 Å². The van der Waals surface area contributed by atoms with Crippen LogP contribution in [0.15, 0.2) is 53.6 Å². The minimum Gasteiger partial charge on any atom is -0.267 e. The number of nitro groups is 1. The van der Waals surface area contributed by atoms with Gasteiger partial charge < -0.3 is 0 Å². The topological polar surface area (TPSA) is 84.6 Å². The first-order valence-corrected chi connectivity index (χ1v) is 6.63. The van der Waals surface area contributed by atoms with Crippen LogP contribution < -0.4 is 5.43 Å². The van der Waals surface area contributed by atoms with Gasteiger partial charge in [0.05, 0.1) is 10.6 Å². The van der Waals surface area contributed by atoms with Crippen LogP contribution >= 0.6 is 0 Å². The van der Waals surface area contributed by atoms with Crippen molar-refractivity contribution in [1.82, 2.24) is 5.43 Å². The summed E-state index contributed by atoms with van der Waals surface area (Å²) in [6, 6.07) is 13.2. The lowest BCUT2D eigenvalue weighted by Crippen LogP contribution is -2.19. The number of rotatable bonds is 4. The van der Waals surface area contributed by atoms with Crippen molar-refractivity contribution in [3.63, 3.8) is 0 Å². The highest BCUT2D eigenvalue weighted by molar-refractivity contribution is 6.01. The number of hydrogen-bond acceptors (Lipinski definition) is 4. The van der Waals surface area contributed by atoms with Crippen LogP contribution in [0.3, 0.4) is 0 Å². The zero-order chi connectivity index (χ0) is 16.1. The second-order valence-electron chi connectivity index (χ2n) is 4.81. The van der Waals surface area contributed by atoms with Gasteiger partial charge in [0.2, 0.25) is 0 Å². The zero-order valence-electron chi connectivity index (χ0n) is 12.2. The Morgan fingerprint density at radius 2 is 1.82 bits per heavy atom. The molecule has 0 fully saturated rings. The first-order chi connectivity index (χ1) is 10.5. The van der Waals surface area contributed by atoms with Gasteiger partial charge in [-0.25, -0.2) is 5.43 Å². The predicted molar refractivity (Wildman–Crippen MR) is 84.0 cm³/mol. The SMILES string of the molecule is C/C(=N\NC(=O)c1cccc([N+](=O)[O-])c1)c1ccc(C)cc1. The second-order valence-corrected chi connectivity index (χ2v) is 4.81. The highest BCUT2D eigenvalue weighted by Gasteiger charge is 2.11. The Balaban J connectivity index is 2.11. The van der Waals surface area contributed by atoms with Crippen molar-refractivity contribution < 1.29 is 9.72 Å². The minimum atomic E-state index is -0.544. The second kappa shape index (κ2) is 6.62. The predicted octanol–water partition coefficient (Wildman–Crippen LogP) is 3.06. The zero-order valence-corrected chi connectivity index (χ0v) is 12.2. The van der Waals surface area contributed by atoms with E-state index in [0.717, 1.165) is 11.1 Å². The van der Waals surface area contributed by atoms with Gasteiger partial charge >= 0.3 is 0 Å². The number of carbonyl (C=O) groups is 1. The van der Waals surface area contributed by atoms with Crippen molar-refractivity contribution in [2.75, 3.05) is 0 Å². The van der Waals surface area contributed by atoms with Gasteiger partial charge in [0.15, 0.2) is 0 Å². The summed E-state index contributed by atoms with van der Waals surface area (Å²) in [5.41, 5.74) is 5.14. The van der Waals surface area contributed by atoms with E-state index >= 15 is 0 Å². The van der Waals surface area contributed by atoms with Gasteiger partial charge in [-0.15, -0.1) is 0 Å². The molecule has 0 saturated carbocycles. The Labute approximate surface area is 127 Å². The summed E-state index contributed by atoms with van der Waals surface area (Å²) in [6.45, 7) is 3.76. The number of benzene rings is 2. The first kappa shape index (κ1) is 15.4. The van der Waals surface area contributed by atoms with Gasteiger partial charge in [-0.3, -0.25) is 14.9 Å². The van der Waals surface area contributed by atoms with Gasteiger partial charge in [-0.1, -0.05) is 35.9 Å². The molecule has 0 heterocycles. The molecular weight excluding hydrogens is 282 g/mol. The molecule has 1 amide bonds. The number of nitro benzene ring substituents is 1. The van der Waals surface area contributed by atoms with Crippen LogP contribution in [-0.4, -0.2) is 16.5 Å². The van der Waals surface area contributed by atoms with Gasteiger partial charge in [0.1, 0.15) is 0 Å². The van der Waals surface area contributed by atoms with Crippen LogP contribution in [0.1, 0.15) is 28.4 Å². The molecule has 0 aliphatic rings. The molecule has 0 spiro atoms. The van der Waals surface area contributed by atoms with E-state index in [1.165, 1.54) is 24.3 Å². The summed E-state index contributed by atoms with van der Waals surface area (Å²) in [5, 5.41) is 14.7. The molecule has 0 unspecified atom stereocenters. The third kappa shape index (κ3) is 3.76. The Bertz CT molecular complexity index is 737. The molecule has 0 saturated heterocycles. The van der Waals surface area contributed by atoms with E-state index in [4.69, 9.17) is 0 Å². The lowest BCUT2D eigenvalue weighted by Gasteiger charge is -2.03. The van der Waals surface area contributed by atoms with E-state index in [1.54, 1.807) is 6.92 Å². The molecule has 22 heavy (non-hydrogen) atoms. The molecular formula is C16H15N3O3. The number of amides is 1. The van der Waals surface area contributed by atoms with E-state index in [9.17, 15) is 14.9 Å². The number of aryl methyl sites for hydroxylation is 1. The molecule has 0 aromatic heterocycles. The molecule has 112 valence electrons. The average molecular weight is 297 g/mol. The third-order valence-corrected chi connectivity index (χ3v) is 3.11. The standard InChI is InChI=1S/C16H15N3O3/c1-11-6-8-13(9-7-11)12(2)17-18-16(20)14-4-3-5-15(10-14)19(21)22/h3-10H,1-2H3,(H,18,20)/b17-12+. The highest BCUT2D eigenvalue weighted by atomic mass is 16.6. The fourth-order valence-electron chi connectivity index (χ4n) is 1.82. The number of nitrogens with one attached hydrogen (secondary N) is 1. The number of non-ortho nitro benzene ring substituents is 1. The fraction of sp³-hybridized carbons (Fsp3) is 0.125. The number of nitrogens with zero attached hydrogens (tertiary/aromatic N) is 2. The van der Waals surface area contributed by atoms with Crippen LogP contribution in [0.4, 0.5) is 5.69 Å². The molecule has 2 aromatic carbocycles. The molecule has 6 nitrogen and oxygen atoms in total. The van der Waals surface area contributed by atoms with Gasteiger partial charge in [0, 0.05) is 17.7 Å². The summed E-state index contributed by atoms with van der Waals surface area (Å²) in [6.07, 6.45) is 0. The third-order valence-electron chi connectivity index (χ3n) is 3.11. The summed E-state index contributed by atoms with van der Waals surface area (Å²) >= 11 is 0. The maximum absolute atomic E-state index is 12.0. The smallest absolute Gasteiger partial charge is 0.267 e. The minimum absolute atomic E-state index is 0.133. The van der Waals surface area contributed by atoms with Gasteiger partial charge in [0.25, 0.3) is 11.6 Å². The van der Waals surface area contributed by atoms with Gasteiger partial charge in [-0.2, -0.15) is 5.10 Å². The number of carbonyl (C=O) groups excluding carboxylic acids is 1. The van der Waals surface area contributed by atoms with Crippen LogP contribution in [0.5, 0.6) is 0 Å². The molecule has 0 aliphatic carbocycles. The van der Waals surface area contributed by atoms with Crippen LogP contribution in [0.25, 0.3) is 0 Å². The van der Waals surface area contributed by atoms with E-state index in [0.29, 0.717) is 5.71 Å². The Morgan fingerprint density at radius 3 is 2.45 bits per heavy atom. The normalized spacial score (nSPS) is 11.1. The van der Waals surface area contributed by atoms with E-state index < -0.39 is 10.8 Å². The summed E-state index contributed by atoms with van der Waals surface area (Å²) in [5.74, 6) is -0.491. The van der Waals surface area contributed by atoms with E-state index in [1.807, 2.05) is 31.2 Å². The Hall–Kier alpha value is -3.02. The van der Waals surface area contributed by atoms with Crippen molar-refractivity contribution >= 4 is 17.3 Å². The molecule has 0 radical (unpaired) electrons. The summed E-state index contributed by atoms with van der Waals surface area (Å²) < 4.78 is 0. The lowest BCUT2D eigenvalue weighted by atomic mass is 10.1. The van der Waals surface area contributed by atoms with Crippen molar-refractivity contribution in [2.24, 2.45) is 5.10 Å². The Kier molecular flexibility index (Phi) is 4.63. The van der Waals surface area contributed by atoms with Crippen molar-refractivity contribution in [2.45, 2.75) is 13.8 Å². The Morgan fingerprint density at radius 1 is 1.14 bits per heavy atom. The lowest BCUT2D eigenvalue weighted by molar-refractivity contribution is -0.384. The maximum Gasteiger partial charge on any atom is 0.271 e. The number of hydrogen-bond donors (Lipinski definition) is 1. The van der Waals surface area contributed by atoms with E-state index in [-0.39, 0.29) is 11.3 Å². The van der Waals surface area contributed by atoms with Crippen molar-refractivity contribution in [3.05, 3.63) is 75.3 Å².